The third-order valence-corrected chi connectivity index (χ3v) is 7.28. The van der Waals surface area contributed by atoms with Crippen LogP contribution in [0.1, 0.15) is 80.7 Å². The van der Waals surface area contributed by atoms with E-state index in [-0.39, 0.29) is 17.1 Å². The minimum Gasteiger partial charge on any atom is -0.354 e. The Balaban J connectivity index is 1.23. The molecule has 190 valence electrons. The molecule has 1 saturated heterocycles. The Morgan fingerprint density at radius 1 is 1.06 bits per heavy atom. The quantitative estimate of drug-likeness (QED) is 0.504. The van der Waals surface area contributed by atoms with E-state index in [0.717, 1.165) is 57.2 Å². The summed E-state index contributed by atoms with van der Waals surface area (Å²) in [6.07, 6.45) is 5.81. The number of hydrogen-bond donors (Lipinski definition) is 0. The van der Waals surface area contributed by atoms with Crippen molar-refractivity contribution in [1.82, 2.24) is 19.8 Å². The van der Waals surface area contributed by atoms with Gasteiger partial charge in [-0.2, -0.15) is 0 Å². The van der Waals surface area contributed by atoms with Crippen molar-refractivity contribution in [3.8, 4) is 0 Å². The topological polar surface area (TPSA) is 52.6 Å². The second kappa shape index (κ2) is 11.0. The molecule has 6 nitrogen and oxygen atoms in total. The van der Waals surface area contributed by atoms with Crippen molar-refractivity contribution in [3.63, 3.8) is 0 Å². The van der Waals surface area contributed by atoms with Gasteiger partial charge in [-0.3, -0.25) is 9.69 Å². The first kappa shape index (κ1) is 25.5. The number of carbonyl (C=O) groups excluding carboxylic acids is 1. The van der Waals surface area contributed by atoms with E-state index in [4.69, 9.17) is 9.97 Å². The Bertz CT molecular complexity index is 991. The van der Waals surface area contributed by atoms with Crippen LogP contribution in [0, 0.1) is 5.82 Å². The van der Waals surface area contributed by atoms with Gasteiger partial charge in [0.1, 0.15) is 17.5 Å². The molecular weight excluding hydrogens is 441 g/mol. The zero-order valence-electron chi connectivity index (χ0n) is 21.8. The number of benzene rings is 1. The molecule has 0 spiro atoms. The summed E-state index contributed by atoms with van der Waals surface area (Å²) < 4.78 is 13.1. The number of rotatable bonds is 8. The van der Waals surface area contributed by atoms with Gasteiger partial charge >= 0.3 is 0 Å². The van der Waals surface area contributed by atoms with E-state index in [1.54, 1.807) is 17.0 Å². The smallest absolute Gasteiger partial charge is 0.253 e. The van der Waals surface area contributed by atoms with Gasteiger partial charge in [-0.1, -0.05) is 27.2 Å². The number of piperazine rings is 1. The number of halogens is 1. The maximum absolute atomic E-state index is 13.1. The molecule has 0 bridgehead atoms. The molecule has 2 aromatic rings. The molecule has 1 amide bonds. The average Bonchev–Trinajstić information content (AvgIpc) is 2.80. The third-order valence-electron chi connectivity index (χ3n) is 7.28. The largest absolute Gasteiger partial charge is 0.354 e. The fourth-order valence-electron chi connectivity index (χ4n) is 4.66. The molecule has 1 aliphatic carbocycles. The van der Waals surface area contributed by atoms with Crippen molar-refractivity contribution < 1.29 is 9.18 Å². The molecular formula is C28H40FN5O. The van der Waals surface area contributed by atoms with Gasteiger partial charge < -0.3 is 9.80 Å². The van der Waals surface area contributed by atoms with E-state index in [9.17, 15) is 9.18 Å². The van der Waals surface area contributed by atoms with Gasteiger partial charge in [-0.25, -0.2) is 14.4 Å². The van der Waals surface area contributed by atoms with E-state index >= 15 is 0 Å². The highest BCUT2D eigenvalue weighted by Crippen LogP contribution is 2.37. The van der Waals surface area contributed by atoms with Crippen LogP contribution in [0.2, 0.25) is 0 Å². The molecule has 2 fully saturated rings. The molecule has 2 aliphatic rings. The van der Waals surface area contributed by atoms with Gasteiger partial charge in [0.2, 0.25) is 0 Å². The minimum absolute atomic E-state index is 0.0540. The Kier molecular flexibility index (Phi) is 8.05. The maximum Gasteiger partial charge on any atom is 0.253 e. The van der Waals surface area contributed by atoms with Crippen molar-refractivity contribution in [1.29, 1.82) is 0 Å². The first-order valence-electron chi connectivity index (χ1n) is 13.1. The number of carbonyl (C=O) groups is 1. The molecule has 35 heavy (non-hydrogen) atoms. The summed E-state index contributed by atoms with van der Waals surface area (Å²) in [6.45, 7) is 12.3. The summed E-state index contributed by atoms with van der Waals surface area (Å²) >= 11 is 0. The van der Waals surface area contributed by atoms with Crippen LogP contribution >= 0.6 is 0 Å². The van der Waals surface area contributed by atoms with Crippen LogP contribution in [-0.4, -0.2) is 72.0 Å². The summed E-state index contributed by atoms with van der Waals surface area (Å²) in [5.74, 6) is 2.27. The number of unbranched alkanes of at least 4 members (excludes halogenated alkanes) is 1. The molecule has 0 unspecified atom stereocenters. The molecule has 7 heteroatoms. The summed E-state index contributed by atoms with van der Waals surface area (Å²) in [5, 5.41) is 0. The standard InChI is InChI=1S/C28H40FN5O/c1-28(2,3)27-30-24(21-8-7-9-21)20-25(31-27)34-18-16-33(17-19-34)15-6-5-14-32(4)26(35)22-10-12-23(29)13-11-22/h10-13,20-21H,5-9,14-19H2,1-4H3. The summed E-state index contributed by atoms with van der Waals surface area (Å²) in [4.78, 5) is 29.1. The van der Waals surface area contributed by atoms with E-state index in [0.29, 0.717) is 18.0 Å². The first-order valence-corrected chi connectivity index (χ1v) is 13.1. The average molecular weight is 482 g/mol. The second-order valence-corrected chi connectivity index (χ2v) is 11.1. The normalized spacial score (nSPS) is 17.3. The van der Waals surface area contributed by atoms with Crippen LogP contribution in [0.3, 0.4) is 0 Å². The summed E-state index contributed by atoms with van der Waals surface area (Å²) in [6, 6.07) is 8.00. The Morgan fingerprint density at radius 2 is 1.74 bits per heavy atom. The highest BCUT2D eigenvalue weighted by atomic mass is 19.1. The van der Waals surface area contributed by atoms with Gasteiger partial charge in [0.25, 0.3) is 5.91 Å². The Labute approximate surface area is 209 Å². The molecule has 0 atom stereocenters. The third kappa shape index (κ3) is 6.57. The summed E-state index contributed by atoms with van der Waals surface area (Å²) in [7, 11) is 1.82. The van der Waals surface area contributed by atoms with Gasteiger partial charge in [-0.05, 0) is 56.5 Å². The molecule has 2 heterocycles. The summed E-state index contributed by atoms with van der Waals surface area (Å²) in [5.41, 5.74) is 1.71. The number of aromatic nitrogens is 2. The highest BCUT2D eigenvalue weighted by molar-refractivity contribution is 5.93. The Morgan fingerprint density at radius 3 is 2.34 bits per heavy atom. The molecule has 1 saturated carbocycles. The minimum atomic E-state index is -0.322. The maximum atomic E-state index is 13.1. The monoisotopic (exact) mass is 481 g/mol. The number of anilines is 1. The van der Waals surface area contributed by atoms with Crippen molar-refractivity contribution >= 4 is 11.7 Å². The van der Waals surface area contributed by atoms with Gasteiger partial charge in [0.05, 0.1) is 0 Å². The van der Waals surface area contributed by atoms with Gasteiger partial charge in [-0.15, -0.1) is 0 Å². The van der Waals surface area contributed by atoms with Crippen LogP contribution in [0.25, 0.3) is 0 Å². The highest BCUT2D eigenvalue weighted by Gasteiger charge is 2.27. The van der Waals surface area contributed by atoms with Crippen LogP contribution in [0.4, 0.5) is 10.2 Å². The van der Waals surface area contributed by atoms with E-state index in [1.807, 2.05) is 7.05 Å². The van der Waals surface area contributed by atoms with Crippen molar-refractivity contribution in [2.75, 3.05) is 51.2 Å². The lowest BCUT2D eigenvalue weighted by Crippen LogP contribution is -2.47. The fraction of sp³-hybridized carbons (Fsp3) is 0.607. The number of nitrogens with zero attached hydrogens (tertiary/aromatic N) is 5. The second-order valence-electron chi connectivity index (χ2n) is 11.1. The predicted molar refractivity (Wildman–Crippen MR) is 139 cm³/mol. The molecule has 0 radical (unpaired) electrons. The fourth-order valence-corrected chi connectivity index (χ4v) is 4.66. The number of hydrogen-bond acceptors (Lipinski definition) is 5. The Hall–Kier alpha value is -2.54. The lowest BCUT2D eigenvalue weighted by Gasteiger charge is -2.36. The van der Waals surface area contributed by atoms with Crippen LogP contribution < -0.4 is 4.90 Å². The molecule has 4 rings (SSSR count). The van der Waals surface area contributed by atoms with Crippen LogP contribution in [-0.2, 0) is 5.41 Å². The van der Waals surface area contributed by atoms with Gasteiger partial charge in [0.15, 0.2) is 0 Å². The van der Waals surface area contributed by atoms with Crippen LogP contribution in [0.15, 0.2) is 30.3 Å². The molecule has 1 aliphatic heterocycles. The predicted octanol–water partition coefficient (Wildman–Crippen LogP) is 4.86. The van der Waals surface area contributed by atoms with Crippen molar-refractivity contribution in [2.24, 2.45) is 0 Å². The molecule has 1 aromatic heterocycles. The molecule has 0 N–H and O–H groups in total. The number of amides is 1. The van der Waals surface area contributed by atoms with Gasteiger partial charge in [0, 0.05) is 68.4 Å². The van der Waals surface area contributed by atoms with Crippen molar-refractivity contribution in [3.05, 3.63) is 53.2 Å². The zero-order chi connectivity index (χ0) is 25.0. The van der Waals surface area contributed by atoms with E-state index in [1.165, 1.54) is 37.1 Å². The lowest BCUT2D eigenvalue weighted by molar-refractivity contribution is 0.0791. The van der Waals surface area contributed by atoms with E-state index in [2.05, 4.69) is 36.6 Å². The lowest BCUT2D eigenvalue weighted by atomic mass is 9.82. The SMILES string of the molecule is CN(CCCCN1CCN(c2cc(C3CCC3)nc(C(C)(C)C)n2)CC1)C(=O)c1ccc(F)cc1. The zero-order valence-corrected chi connectivity index (χ0v) is 21.8. The van der Waals surface area contributed by atoms with Crippen LogP contribution in [0.5, 0.6) is 0 Å². The molecule has 1 aromatic carbocycles. The van der Waals surface area contributed by atoms with E-state index < -0.39 is 0 Å². The van der Waals surface area contributed by atoms with Crippen molar-refractivity contribution in [2.45, 2.75) is 64.2 Å². The first-order chi connectivity index (χ1) is 16.7.